The molecule has 0 unspecified atom stereocenters. The van der Waals surface area contributed by atoms with Gasteiger partial charge in [0.1, 0.15) is 5.82 Å². The number of rotatable bonds is 6. The molecule has 8 heteroatoms. The first-order chi connectivity index (χ1) is 14.0. The number of aryl methyl sites for hydroxylation is 1. The molecule has 2 aromatic heterocycles. The van der Waals surface area contributed by atoms with E-state index >= 15 is 0 Å². The van der Waals surface area contributed by atoms with E-state index < -0.39 is 0 Å². The van der Waals surface area contributed by atoms with Crippen LogP contribution in [0.5, 0.6) is 0 Å². The first-order valence-electron chi connectivity index (χ1n) is 10.0. The van der Waals surface area contributed by atoms with Crippen molar-refractivity contribution in [1.82, 2.24) is 23.6 Å². The second kappa shape index (κ2) is 7.96. The Hall–Kier alpha value is -2.71. The molecule has 1 aromatic carbocycles. The van der Waals surface area contributed by atoms with Gasteiger partial charge >= 0.3 is 5.69 Å². The summed E-state index contributed by atoms with van der Waals surface area (Å²) in [5.74, 6) is 0.789. The Morgan fingerprint density at radius 2 is 1.86 bits per heavy atom. The number of nitrogens with zero attached hydrogens (tertiary/aromatic N) is 5. The van der Waals surface area contributed by atoms with Crippen LogP contribution in [-0.2, 0) is 44.9 Å². The number of hydrogen-bond donors (Lipinski definition) is 0. The predicted molar refractivity (Wildman–Crippen MR) is 111 cm³/mol. The van der Waals surface area contributed by atoms with Crippen LogP contribution in [0.15, 0.2) is 33.9 Å². The highest BCUT2D eigenvalue weighted by molar-refractivity contribution is 5.71. The van der Waals surface area contributed by atoms with Crippen molar-refractivity contribution >= 4 is 11.2 Å². The van der Waals surface area contributed by atoms with Crippen LogP contribution in [0, 0.1) is 0 Å². The van der Waals surface area contributed by atoms with E-state index in [2.05, 4.69) is 29.2 Å². The molecular formula is C21H27N5O3. The van der Waals surface area contributed by atoms with Crippen LogP contribution in [0.4, 0.5) is 0 Å². The molecule has 3 aromatic rings. The molecule has 0 aliphatic carbocycles. The average Bonchev–Trinajstić information content (AvgIpc) is 3.09. The Labute approximate surface area is 169 Å². The summed E-state index contributed by atoms with van der Waals surface area (Å²) in [6, 6.07) is 8.50. The molecule has 4 rings (SSSR count). The van der Waals surface area contributed by atoms with Gasteiger partial charge in [-0.15, -0.1) is 0 Å². The number of benzene rings is 1. The lowest BCUT2D eigenvalue weighted by Gasteiger charge is -2.28. The Balaban J connectivity index is 1.74. The number of hydrogen-bond acceptors (Lipinski definition) is 5. The van der Waals surface area contributed by atoms with Crippen LogP contribution in [0.25, 0.3) is 11.2 Å². The molecule has 3 heterocycles. The van der Waals surface area contributed by atoms with E-state index in [4.69, 9.17) is 9.72 Å². The van der Waals surface area contributed by atoms with Gasteiger partial charge in [0.2, 0.25) is 0 Å². The lowest BCUT2D eigenvalue weighted by atomic mass is 10.00. The summed E-state index contributed by atoms with van der Waals surface area (Å²) in [4.78, 5) is 32.3. The first kappa shape index (κ1) is 19.6. The van der Waals surface area contributed by atoms with E-state index in [9.17, 15) is 9.59 Å². The van der Waals surface area contributed by atoms with E-state index in [1.54, 1.807) is 7.05 Å². The zero-order valence-electron chi connectivity index (χ0n) is 17.2. The second-order valence-corrected chi connectivity index (χ2v) is 7.48. The Kier molecular flexibility index (Phi) is 5.38. The zero-order valence-corrected chi connectivity index (χ0v) is 17.2. The van der Waals surface area contributed by atoms with Gasteiger partial charge < -0.3 is 9.30 Å². The summed E-state index contributed by atoms with van der Waals surface area (Å²) in [5, 5.41) is 0. The maximum Gasteiger partial charge on any atom is 0.332 e. The lowest BCUT2D eigenvalue weighted by Crippen LogP contribution is -2.37. The van der Waals surface area contributed by atoms with Crippen LogP contribution in [0.1, 0.15) is 23.9 Å². The van der Waals surface area contributed by atoms with Gasteiger partial charge in [-0.2, -0.15) is 0 Å². The van der Waals surface area contributed by atoms with Gasteiger partial charge in [-0.05, 0) is 24.5 Å². The van der Waals surface area contributed by atoms with Crippen LogP contribution in [0.2, 0.25) is 0 Å². The minimum atomic E-state index is -0.365. The van der Waals surface area contributed by atoms with E-state index in [0.717, 1.165) is 29.9 Å². The van der Waals surface area contributed by atoms with E-state index in [0.29, 0.717) is 37.5 Å². The Morgan fingerprint density at radius 3 is 2.62 bits per heavy atom. The predicted octanol–water partition coefficient (Wildman–Crippen LogP) is 1.03. The summed E-state index contributed by atoms with van der Waals surface area (Å²) >= 11 is 0. The SMILES string of the molecule is CCOCCn1c(CN2CCc3ccccc3C2)nc2c1c(=O)n(C)c(=O)n2C. The Bertz CT molecular complexity index is 1160. The van der Waals surface area contributed by atoms with Gasteiger partial charge in [0.25, 0.3) is 5.56 Å². The van der Waals surface area contributed by atoms with Gasteiger partial charge in [0.05, 0.1) is 13.2 Å². The fourth-order valence-corrected chi connectivity index (χ4v) is 4.04. The molecule has 1 aliphatic heterocycles. The largest absolute Gasteiger partial charge is 0.380 e. The van der Waals surface area contributed by atoms with Crippen molar-refractivity contribution in [3.63, 3.8) is 0 Å². The second-order valence-electron chi connectivity index (χ2n) is 7.48. The highest BCUT2D eigenvalue weighted by Crippen LogP contribution is 2.21. The standard InChI is InChI=1S/C21H27N5O3/c1-4-29-12-11-26-17(14-25-10-9-15-7-5-6-8-16(15)13-25)22-19-18(26)20(27)24(3)21(28)23(19)2/h5-8H,4,9-14H2,1-3H3. The van der Waals surface area contributed by atoms with Crippen molar-refractivity contribution in [3.8, 4) is 0 Å². The van der Waals surface area contributed by atoms with Crippen molar-refractivity contribution < 1.29 is 4.74 Å². The molecule has 0 amide bonds. The number of fused-ring (bicyclic) bond motifs is 2. The number of aromatic nitrogens is 4. The van der Waals surface area contributed by atoms with Crippen molar-refractivity contribution in [1.29, 1.82) is 0 Å². The fourth-order valence-electron chi connectivity index (χ4n) is 4.04. The summed E-state index contributed by atoms with van der Waals surface area (Å²) in [6.07, 6.45) is 0.996. The molecular weight excluding hydrogens is 370 g/mol. The fraction of sp³-hybridized carbons (Fsp3) is 0.476. The van der Waals surface area contributed by atoms with E-state index in [-0.39, 0.29) is 11.2 Å². The summed E-state index contributed by atoms with van der Waals surface area (Å²) in [6.45, 7) is 5.97. The third-order valence-electron chi connectivity index (χ3n) is 5.67. The lowest BCUT2D eigenvalue weighted by molar-refractivity contribution is 0.137. The third kappa shape index (κ3) is 3.54. The van der Waals surface area contributed by atoms with Crippen molar-refractivity contribution in [2.45, 2.75) is 33.0 Å². The molecule has 0 saturated heterocycles. The number of imidazole rings is 1. The normalized spacial score (nSPS) is 14.4. The summed E-state index contributed by atoms with van der Waals surface area (Å²) in [7, 11) is 3.16. The van der Waals surface area contributed by atoms with Gasteiger partial charge in [-0.25, -0.2) is 9.78 Å². The van der Waals surface area contributed by atoms with Gasteiger partial charge in [0.15, 0.2) is 11.2 Å². The molecule has 0 N–H and O–H groups in total. The van der Waals surface area contributed by atoms with E-state index in [1.165, 1.54) is 22.7 Å². The van der Waals surface area contributed by atoms with Crippen molar-refractivity contribution in [3.05, 3.63) is 62.1 Å². The molecule has 0 radical (unpaired) electrons. The van der Waals surface area contributed by atoms with Crippen LogP contribution in [0.3, 0.4) is 0 Å². The van der Waals surface area contributed by atoms with Crippen LogP contribution >= 0.6 is 0 Å². The van der Waals surface area contributed by atoms with Crippen LogP contribution < -0.4 is 11.2 Å². The third-order valence-corrected chi connectivity index (χ3v) is 5.67. The number of ether oxygens (including phenoxy) is 1. The molecule has 29 heavy (non-hydrogen) atoms. The van der Waals surface area contributed by atoms with Gasteiger partial charge in [0, 0.05) is 40.3 Å². The van der Waals surface area contributed by atoms with Gasteiger partial charge in [-0.3, -0.25) is 18.8 Å². The van der Waals surface area contributed by atoms with Crippen molar-refractivity contribution in [2.75, 3.05) is 19.8 Å². The summed E-state index contributed by atoms with van der Waals surface area (Å²) in [5.41, 5.74) is 2.94. The quantitative estimate of drug-likeness (QED) is 0.581. The van der Waals surface area contributed by atoms with E-state index in [1.807, 2.05) is 11.5 Å². The highest BCUT2D eigenvalue weighted by Gasteiger charge is 2.22. The molecule has 0 fully saturated rings. The van der Waals surface area contributed by atoms with Crippen LogP contribution in [-0.4, -0.2) is 43.3 Å². The molecule has 0 atom stereocenters. The maximum atomic E-state index is 12.9. The van der Waals surface area contributed by atoms with Gasteiger partial charge in [-0.1, -0.05) is 24.3 Å². The maximum absolute atomic E-state index is 12.9. The van der Waals surface area contributed by atoms with Crippen molar-refractivity contribution in [2.24, 2.45) is 14.1 Å². The monoisotopic (exact) mass is 397 g/mol. The highest BCUT2D eigenvalue weighted by atomic mass is 16.5. The average molecular weight is 397 g/mol. The minimum absolute atomic E-state index is 0.317. The molecule has 0 saturated carbocycles. The Morgan fingerprint density at radius 1 is 1.10 bits per heavy atom. The molecule has 8 nitrogen and oxygen atoms in total. The topological polar surface area (TPSA) is 74.3 Å². The first-order valence-corrected chi connectivity index (χ1v) is 10.0. The summed E-state index contributed by atoms with van der Waals surface area (Å²) < 4.78 is 10.0. The molecule has 0 bridgehead atoms. The molecule has 154 valence electrons. The zero-order chi connectivity index (χ0) is 20.5. The molecule has 1 aliphatic rings. The minimum Gasteiger partial charge on any atom is -0.380 e. The molecule has 0 spiro atoms. The smallest absolute Gasteiger partial charge is 0.332 e.